The van der Waals surface area contributed by atoms with Gasteiger partial charge >= 0.3 is 6.09 Å². The summed E-state index contributed by atoms with van der Waals surface area (Å²) >= 11 is 0. The zero-order valence-electron chi connectivity index (χ0n) is 11.8. The van der Waals surface area contributed by atoms with E-state index in [1.54, 1.807) is 0 Å². The van der Waals surface area contributed by atoms with E-state index in [1.807, 2.05) is 52.0 Å². The number of carbonyl (C=O) groups excluding carboxylic acids is 1. The molecule has 0 aliphatic rings. The summed E-state index contributed by atoms with van der Waals surface area (Å²) in [6.45, 7) is 7.43. The van der Waals surface area contributed by atoms with Gasteiger partial charge in [-0.2, -0.15) is 4.91 Å². The minimum absolute atomic E-state index is 0.132. The van der Waals surface area contributed by atoms with Crippen LogP contribution in [0.5, 0.6) is 0 Å². The smallest absolute Gasteiger partial charge is 0.408 e. The zero-order valence-corrected chi connectivity index (χ0v) is 11.8. The summed E-state index contributed by atoms with van der Waals surface area (Å²) in [6, 6.07) is 7.20. The predicted molar refractivity (Wildman–Crippen MR) is 73.7 cm³/mol. The molecule has 0 aliphatic heterocycles. The molecule has 5 heteroatoms. The lowest BCUT2D eigenvalue weighted by atomic mass is 10.1. The molecule has 1 atom stereocenters. The number of alkyl carbamates (subject to hydrolysis) is 1. The first kappa shape index (κ1) is 15.1. The van der Waals surface area contributed by atoms with E-state index in [1.165, 1.54) is 0 Å². The molecule has 0 unspecified atom stereocenters. The van der Waals surface area contributed by atoms with Crippen molar-refractivity contribution in [3.63, 3.8) is 0 Å². The van der Waals surface area contributed by atoms with Crippen LogP contribution in [-0.2, 0) is 11.3 Å². The van der Waals surface area contributed by atoms with Crippen molar-refractivity contribution < 1.29 is 9.53 Å². The molecule has 5 nitrogen and oxygen atoms in total. The van der Waals surface area contributed by atoms with Crippen LogP contribution in [0.2, 0.25) is 0 Å². The summed E-state index contributed by atoms with van der Waals surface area (Å²) in [5.41, 5.74) is 1.21. The Kier molecular flexibility index (Phi) is 5.03. The summed E-state index contributed by atoms with van der Waals surface area (Å²) in [5, 5.41) is 5.61. The first-order valence-electron chi connectivity index (χ1n) is 6.19. The van der Waals surface area contributed by atoms with Gasteiger partial charge in [0.15, 0.2) is 0 Å². The highest BCUT2D eigenvalue weighted by atomic mass is 16.6. The number of nitrogens with zero attached hydrogens (tertiary/aromatic N) is 1. The Morgan fingerprint density at radius 1 is 1.42 bits per heavy atom. The highest BCUT2D eigenvalue weighted by molar-refractivity contribution is 5.68. The number of carbonyl (C=O) groups is 1. The summed E-state index contributed by atoms with van der Waals surface area (Å²) in [6.07, 6.45) is -0.459. The largest absolute Gasteiger partial charge is 0.444 e. The van der Waals surface area contributed by atoms with Crippen molar-refractivity contribution in [1.82, 2.24) is 5.32 Å². The third kappa shape index (κ3) is 5.50. The molecule has 19 heavy (non-hydrogen) atoms. The molecular weight excluding hydrogens is 244 g/mol. The van der Waals surface area contributed by atoms with Gasteiger partial charge in [0.2, 0.25) is 0 Å². The Morgan fingerprint density at radius 3 is 2.68 bits per heavy atom. The number of benzene rings is 1. The van der Waals surface area contributed by atoms with Crippen molar-refractivity contribution in [2.75, 3.05) is 0 Å². The van der Waals surface area contributed by atoms with E-state index in [0.717, 1.165) is 11.1 Å². The number of nitrogens with one attached hydrogen (secondary N) is 1. The predicted octanol–water partition coefficient (Wildman–Crippen LogP) is 3.54. The number of hydrogen-bond acceptors (Lipinski definition) is 4. The second-order valence-electron chi connectivity index (χ2n) is 5.40. The molecule has 1 aromatic rings. The van der Waals surface area contributed by atoms with E-state index in [4.69, 9.17) is 4.74 Å². The van der Waals surface area contributed by atoms with Crippen LogP contribution in [0.3, 0.4) is 0 Å². The van der Waals surface area contributed by atoms with Gasteiger partial charge in [-0.05, 0) is 38.8 Å². The second-order valence-corrected chi connectivity index (χ2v) is 5.40. The molecule has 0 heterocycles. The minimum atomic E-state index is -0.521. The van der Waals surface area contributed by atoms with Gasteiger partial charge in [-0.1, -0.05) is 29.4 Å². The Labute approximate surface area is 113 Å². The summed E-state index contributed by atoms with van der Waals surface area (Å²) in [7, 11) is 0. The molecule has 0 saturated heterocycles. The molecule has 0 bridgehead atoms. The summed E-state index contributed by atoms with van der Waals surface area (Å²) in [4.78, 5) is 21.9. The molecule has 0 saturated carbocycles. The highest BCUT2D eigenvalue weighted by Crippen LogP contribution is 2.16. The van der Waals surface area contributed by atoms with E-state index >= 15 is 0 Å². The molecule has 0 spiro atoms. The van der Waals surface area contributed by atoms with Gasteiger partial charge in [-0.15, -0.1) is 0 Å². The molecule has 1 rings (SSSR count). The standard InChI is InChI=1S/C14H20N2O3/c1-10(16-13(17)19-14(2,3)4)12-7-5-6-11(8-12)9-15-18/h5-8,10H,9H2,1-4H3,(H,16,17)/t10-/m0/s1. The summed E-state index contributed by atoms with van der Waals surface area (Å²) < 4.78 is 5.19. The maximum atomic E-state index is 11.7. The molecule has 1 amide bonds. The highest BCUT2D eigenvalue weighted by Gasteiger charge is 2.18. The molecule has 1 aromatic carbocycles. The van der Waals surface area contributed by atoms with Crippen LogP contribution in [0.1, 0.15) is 44.9 Å². The maximum Gasteiger partial charge on any atom is 0.408 e. The first-order valence-corrected chi connectivity index (χ1v) is 6.19. The number of ether oxygens (including phenoxy) is 1. The zero-order chi connectivity index (χ0) is 14.5. The van der Waals surface area contributed by atoms with Crippen LogP contribution in [0.4, 0.5) is 4.79 Å². The topological polar surface area (TPSA) is 67.8 Å². The van der Waals surface area contributed by atoms with Gasteiger partial charge in [0.05, 0.1) is 6.04 Å². The van der Waals surface area contributed by atoms with Gasteiger partial charge in [-0.3, -0.25) is 0 Å². The minimum Gasteiger partial charge on any atom is -0.444 e. The van der Waals surface area contributed by atoms with Crippen LogP contribution in [0.25, 0.3) is 0 Å². The third-order valence-electron chi connectivity index (χ3n) is 2.43. The summed E-state index contributed by atoms with van der Waals surface area (Å²) in [5.74, 6) is 0. The lowest BCUT2D eigenvalue weighted by Gasteiger charge is -2.22. The maximum absolute atomic E-state index is 11.7. The van der Waals surface area contributed by atoms with E-state index < -0.39 is 11.7 Å². The average Bonchev–Trinajstić information content (AvgIpc) is 2.27. The number of rotatable bonds is 4. The fraction of sp³-hybridized carbons (Fsp3) is 0.500. The Morgan fingerprint density at radius 2 is 2.11 bits per heavy atom. The Bertz CT molecular complexity index is 452. The lowest BCUT2D eigenvalue weighted by molar-refractivity contribution is 0.0508. The molecule has 0 radical (unpaired) electrons. The van der Waals surface area contributed by atoms with Crippen molar-refractivity contribution in [2.24, 2.45) is 5.18 Å². The van der Waals surface area contributed by atoms with Crippen LogP contribution in [0, 0.1) is 4.91 Å². The fourth-order valence-corrected chi connectivity index (χ4v) is 1.60. The monoisotopic (exact) mass is 264 g/mol. The fourth-order valence-electron chi connectivity index (χ4n) is 1.60. The first-order chi connectivity index (χ1) is 8.81. The van der Waals surface area contributed by atoms with Gasteiger partial charge in [0, 0.05) is 0 Å². The van der Waals surface area contributed by atoms with Crippen molar-refractivity contribution in [3.05, 3.63) is 40.3 Å². The van der Waals surface area contributed by atoms with Gasteiger partial charge < -0.3 is 10.1 Å². The Balaban J connectivity index is 2.67. The number of amides is 1. The van der Waals surface area contributed by atoms with Gasteiger partial charge in [0.25, 0.3) is 0 Å². The van der Waals surface area contributed by atoms with Crippen molar-refractivity contribution in [1.29, 1.82) is 0 Å². The van der Waals surface area contributed by atoms with Crippen LogP contribution in [0.15, 0.2) is 29.4 Å². The lowest BCUT2D eigenvalue weighted by Crippen LogP contribution is -2.34. The van der Waals surface area contributed by atoms with Crippen molar-refractivity contribution >= 4 is 6.09 Å². The molecular formula is C14H20N2O3. The third-order valence-corrected chi connectivity index (χ3v) is 2.43. The Hall–Kier alpha value is -1.91. The SMILES string of the molecule is C[C@H](NC(=O)OC(C)(C)C)c1cccc(CN=O)c1. The van der Waals surface area contributed by atoms with Crippen molar-refractivity contribution in [3.8, 4) is 0 Å². The number of nitroso groups, excluding NO2 is 1. The van der Waals surface area contributed by atoms with E-state index in [2.05, 4.69) is 10.5 Å². The molecule has 0 fully saturated rings. The molecule has 0 aliphatic carbocycles. The van der Waals surface area contributed by atoms with E-state index in [9.17, 15) is 9.70 Å². The van der Waals surface area contributed by atoms with Crippen LogP contribution >= 0.6 is 0 Å². The van der Waals surface area contributed by atoms with Crippen LogP contribution < -0.4 is 5.32 Å². The van der Waals surface area contributed by atoms with E-state index in [-0.39, 0.29) is 12.6 Å². The molecule has 1 N–H and O–H groups in total. The van der Waals surface area contributed by atoms with E-state index in [0.29, 0.717) is 0 Å². The van der Waals surface area contributed by atoms with Gasteiger partial charge in [-0.25, -0.2) is 4.79 Å². The number of hydrogen-bond donors (Lipinski definition) is 1. The van der Waals surface area contributed by atoms with Crippen LogP contribution in [-0.4, -0.2) is 11.7 Å². The quantitative estimate of drug-likeness (QED) is 0.846. The van der Waals surface area contributed by atoms with Crippen molar-refractivity contribution in [2.45, 2.75) is 45.9 Å². The second kappa shape index (κ2) is 6.31. The molecule has 0 aromatic heterocycles. The van der Waals surface area contributed by atoms with Gasteiger partial charge in [0.1, 0.15) is 12.1 Å². The molecule has 104 valence electrons. The normalized spacial score (nSPS) is 12.6. The average molecular weight is 264 g/mol.